The van der Waals surface area contributed by atoms with Crippen LogP contribution in [0.25, 0.3) is 0 Å². The first-order chi connectivity index (χ1) is 12.3. The quantitative estimate of drug-likeness (QED) is 0.324. The number of aromatic hydroxyl groups is 1. The average molecular weight is 361 g/mol. The van der Waals surface area contributed by atoms with Crippen LogP contribution in [0, 0.1) is 0 Å². The molecule has 0 bridgehead atoms. The Balaban J connectivity index is 2.11. The Morgan fingerprint density at radius 3 is 2.35 bits per heavy atom. The van der Waals surface area contributed by atoms with Gasteiger partial charge in [0.1, 0.15) is 6.42 Å². The van der Waals surface area contributed by atoms with Gasteiger partial charge in [0, 0.05) is 11.3 Å². The number of nitrogens with one attached hydrogen (secondary N) is 3. The monoisotopic (exact) mass is 361 g/mol. The molecule has 1 aromatic heterocycles. The smallest absolute Gasteiger partial charge is 0.328 e. The van der Waals surface area contributed by atoms with Gasteiger partial charge >= 0.3 is 11.7 Å². The third kappa shape index (κ3) is 4.44. The first-order valence-electron chi connectivity index (χ1n) is 7.47. The summed E-state index contributed by atoms with van der Waals surface area (Å²) in [6, 6.07) is 5.53. The molecular weight excluding hydrogens is 346 g/mol. The van der Waals surface area contributed by atoms with E-state index in [-0.39, 0.29) is 17.9 Å². The maximum Gasteiger partial charge on any atom is 0.328 e. The Morgan fingerprint density at radius 1 is 1.12 bits per heavy atom. The van der Waals surface area contributed by atoms with E-state index in [1.165, 1.54) is 24.3 Å². The lowest BCUT2D eigenvalue weighted by Crippen LogP contribution is -2.30. The molecule has 0 aliphatic heterocycles. The molecule has 0 spiro atoms. The molecule has 0 aliphatic carbocycles. The van der Waals surface area contributed by atoms with Crippen molar-refractivity contribution >= 4 is 23.3 Å². The molecule has 10 nitrogen and oxygen atoms in total. The van der Waals surface area contributed by atoms with Crippen LogP contribution >= 0.6 is 0 Å². The fraction of sp³-hybridized carbons (Fsp3) is 0.188. The highest BCUT2D eigenvalue weighted by Crippen LogP contribution is 2.14. The maximum atomic E-state index is 12.1. The van der Waals surface area contributed by atoms with Gasteiger partial charge in [-0.2, -0.15) is 0 Å². The predicted molar refractivity (Wildman–Crippen MR) is 89.3 cm³/mol. The number of H-pyrrole nitrogens is 2. The van der Waals surface area contributed by atoms with E-state index in [9.17, 15) is 29.1 Å². The number of Topliss-reactive ketones (excluding diaryl/α,β-unsaturated/α-hetero) is 1. The molecule has 1 heterocycles. The number of rotatable bonds is 6. The molecule has 0 aliphatic rings. The third-order valence-corrected chi connectivity index (χ3v) is 3.22. The summed E-state index contributed by atoms with van der Waals surface area (Å²) in [7, 11) is 0. The molecule has 26 heavy (non-hydrogen) atoms. The van der Waals surface area contributed by atoms with Crippen LogP contribution in [0.2, 0.25) is 0 Å². The Morgan fingerprint density at radius 2 is 1.77 bits per heavy atom. The van der Waals surface area contributed by atoms with Crippen LogP contribution in [-0.4, -0.2) is 39.3 Å². The fourth-order valence-electron chi connectivity index (χ4n) is 2.06. The molecule has 2 aromatic rings. The molecule has 0 saturated heterocycles. The van der Waals surface area contributed by atoms with E-state index in [4.69, 9.17) is 4.74 Å². The van der Waals surface area contributed by atoms with E-state index in [1.807, 2.05) is 9.97 Å². The van der Waals surface area contributed by atoms with Gasteiger partial charge in [0.2, 0.25) is 5.88 Å². The van der Waals surface area contributed by atoms with Gasteiger partial charge in [0.15, 0.2) is 11.3 Å². The van der Waals surface area contributed by atoms with E-state index >= 15 is 0 Å². The molecule has 0 fully saturated rings. The SMILES string of the molecule is CCOC(=O)CC(=O)c1ccc(NC(=O)c2c(O)[nH]c(=O)[nH]c2=O)cc1. The van der Waals surface area contributed by atoms with Crippen molar-refractivity contribution in [3.8, 4) is 5.88 Å². The summed E-state index contributed by atoms with van der Waals surface area (Å²) in [4.78, 5) is 61.6. The van der Waals surface area contributed by atoms with Gasteiger partial charge in [-0.25, -0.2) is 4.79 Å². The predicted octanol–water partition coefficient (Wildman–Crippen LogP) is 0.157. The highest BCUT2D eigenvalue weighted by atomic mass is 16.5. The van der Waals surface area contributed by atoms with Gasteiger partial charge in [-0.05, 0) is 31.2 Å². The molecule has 0 radical (unpaired) electrons. The normalized spacial score (nSPS) is 10.2. The van der Waals surface area contributed by atoms with Crippen LogP contribution < -0.4 is 16.6 Å². The average Bonchev–Trinajstić information content (AvgIpc) is 2.54. The van der Waals surface area contributed by atoms with Crippen LogP contribution in [0.15, 0.2) is 33.9 Å². The second-order valence-electron chi connectivity index (χ2n) is 5.07. The zero-order valence-corrected chi connectivity index (χ0v) is 13.6. The van der Waals surface area contributed by atoms with Crippen molar-refractivity contribution in [1.29, 1.82) is 0 Å². The van der Waals surface area contributed by atoms with Gasteiger partial charge < -0.3 is 15.2 Å². The zero-order valence-electron chi connectivity index (χ0n) is 13.6. The van der Waals surface area contributed by atoms with Gasteiger partial charge in [0.05, 0.1) is 6.61 Å². The summed E-state index contributed by atoms with van der Waals surface area (Å²) in [5, 5.41) is 11.9. The summed E-state index contributed by atoms with van der Waals surface area (Å²) < 4.78 is 4.69. The number of esters is 1. The number of anilines is 1. The molecule has 2 rings (SSSR count). The Hall–Kier alpha value is -3.69. The van der Waals surface area contributed by atoms with Crippen molar-refractivity contribution in [1.82, 2.24) is 9.97 Å². The number of ketones is 1. The third-order valence-electron chi connectivity index (χ3n) is 3.22. The molecule has 0 atom stereocenters. The zero-order chi connectivity index (χ0) is 19.3. The van der Waals surface area contributed by atoms with Gasteiger partial charge in [-0.1, -0.05) is 0 Å². The number of hydrogen-bond acceptors (Lipinski definition) is 7. The lowest BCUT2D eigenvalue weighted by Gasteiger charge is -2.07. The van der Waals surface area contributed by atoms with E-state index in [0.29, 0.717) is 0 Å². The number of benzene rings is 1. The molecule has 0 unspecified atom stereocenters. The molecule has 136 valence electrons. The summed E-state index contributed by atoms with van der Waals surface area (Å²) in [6.45, 7) is 1.80. The molecule has 0 saturated carbocycles. The first kappa shape index (κ1) is 18.6. The van der Waals surface area contributed by atoms with E-state index in [0.717, 1.165) is 0 Å². The minimum atomic E-state index is -1.05. The number of carbonyl (C=O) groups is 3. The van der Waals surface area contributed by atoms with Crippen molar-refractivity contribution in [2.45, 2.75) is 13.3 Å². The van der Waals surface area contributed by atoms with Crippen LogP contribution in [0.5, 0.6) is 5.88 Å². The van der Waals surface area contributed by atoms with E-state index in [1.54, 1.807) is 6.92 Å². The fourth-order valence-corrected chi connectivity index (χ4v) is 2.06. The van der Waals surface area contributed by atoms with Crippen molar-refractivity contribution < 1.29 is 24.2 Å². The van der Waals surface area contributed by atoms with Crippen molar-refractivity contribution in [3.63, 3.8) is 0 Å². The van der Waals surface area contributed by atoms with Crippen LogP contribution in [0.3, 0.4) is 0 Å². The molecule has 1 amide bonds. The van der Waals surface area contributed by atoms with Crippen LogP contribution in [0.4, 0.5) is 5.69 Å². The second kappa shape index (κ2) is 7.92. The van der Waals surface area contributed by atoms with Crippen molar-refractivity contribution in [3.05, 3.63) is 56.2 Å². The number of carbonyl (C=O) groups excluding carboxylic acids is 3. The number of hydrogen-bond donors (Lipinski definition) is 4. The van der Waals surface area contributed by atoms with E-state index < -0.39 is 46.8 Å². The summed E-state index contributed by atoms with van der Waals surface area (Å²) >= 11 is 0. The van der Waals surface area contributed by atoms with Crippen LogP contribution in [-0.2, 0) is 9.53 Å². The first-order valence-corrected chi connectivity index (χ1v) is 7.47. The molecule has 4 N–H and O–H groups in total. The Kier molecular flexibility index (Phi) is 5.68. The second-order valence-corrected chi connectivity index (χ2v) is 5.07. The summed E-state index contributed by atoms with van der Waals surface area (Å²) in [6.07, 6.45) is -0.403. The maximum absolute atomic E-state index is 12.1. The lowest BCUT2D eigenvalue weighted by atomic mass is 10.1. The summed E-state index contributed by atoms with van der Waals surface area (Å²) in [5.74, 6) is -2.90. The van der Waals surface area contributed by atoms with Gasteiger partial charge in [-0.15, -0.1) is 0 Å². The standard InChI is InChI=1S/C16H15N3O7/c1-2-26-11(21)7-10(20)8-3-5-9(6-4-8)17-13(22)12-14(23)18-16(25)19-15(12)24/h3-6H,2,7H2,1H3,(H,17,22)(H3,18,19,23,24,25). The van der Waals surface area contributed by atoms with Crippen molar-refractivity contribution in [2.75, 3.05) is 11.9 Å². The van der Waals surface area contributed by atoms with Crippen LogP contribution in [0.1, 0.15) is 34.1 Å². The highest BCUT2D eigenvalue weighted by molar-refractivity contribution is 6.07. The largest absolute Gasteiger partial charge is 0.494 e. The number of ether oxygens (including phenoxy) is 1. The highest BCUT2D eigenvalue weighted by Gasteiger charge is 2.18. The Bertz CT molecular complexity index is 957. The van der Waals surface area contributed by atoms with E-state index in [2.05, 4.69) is 5.32 Å². The molecule has 10 heteroatoms. The lowest BCUT2D eigenvalue weighted by molar-refractivity contribution is -0.141. The van der Waals surface area contributed by atoms with Crippen molar-refractivity contribution in [2.24, 2.45) is 0 Å². The molecule has 1 aromatic carbocycles. The molecular formula is C16H15N3O7. The number of aromatic amines is 2. The number of aromatic nitrogens is 2. The van der Waals surface area contributed by atoms with Gasteiger partial charge in [-0.3, -0.25) is 29.1 Å². The minimum absolute atomic E-state index is 0.174. The minimum Gasteiger partial charge on any atom is -0.494 e. The topological polar surface area (TPSA) is 158 Å². The number of amides is 1. The summed E-state index contributed by atoms with van der Waals surface area (Å²) in [5.41, 5.74) is -2.20. The Labute approximate surface area is 145 Å². The van der Waals surface area contributed by atoms with Gasteiger partial charge in [0.25, 0.3) is 11.5 Å².